The van der Waals surface area contributed by atoms with Crippen molar-refractivity contribution in [1.29, 1.82) is 0 Å². The summed E-state index contributed by atoms with van der Waals surface area (Å²) in [7, 11) is 0. The summed E-state index contributed by atoms with van der Waals surface area (Å²) in [6.45, 7) is 11.8. The molecule has 0 aromatic carbocycles. The molecular formula is C26H48O7. The minimum atomic E-state index is -0.765. The van der Waals surface area contributed by atoms with Gasteiger partial charge in [0, 0.05) is 11.8 Å². The van der Waals surface area contributed by atoms with Crippen molar-refractivity contribution in [2.75, 3.05) is 13.2 Å². The van der Waals surface area contributed by atoms with E-state index in [1.165, 1.54) is 0 Å². The van der Waals surface area contributed by atoms with Crippen molar-refractivity contribution in [2.24, 2.45) is 23.2 Å². The zero-order valence-electron chi connectivity index (χ0n) is 21.7. The molecule has 0 aliphatic rings. The highest BCUT2D eigenvalue weighted by Crippen LogP contribution is 2.32. The second kappa shape index (κ2) is 16.9. The number of aliphatic hydroxyl groups is 1. The van der Waals surface area contributed by atoms with Crippen LogP contribution in [-0.4, -0.2) is 47.4 Å². The van der Waals surface area contributed by atoms with Crippen LogP contribution in [0.15, 0.2) is 0 Å². The Bertz CT molecular complexity index is 571. The first-order chi connectivity index (χ1) is 15.4. The Morgan fingerprint density at radius 2 is 1.48 bits per heavy atom. The van der Waals surface area contributed by atoms with Gasteiger partial charge in [0.1, 0.15) is 0 Å². The van der Waals surface area contributed by atoms with Gasteiger partial charge in [-0.1, -0.05) is 73.6 Å². The summed E-state index contributed by atoms with van der Waals surface area (Å²) >= 11 is 0. The third-order valence-corrected chi connectivity index (χ3v) is 6.07. The molecule has 0 rings (SSSR count). The Hall–Kier alpha value is -1.63. The van der Waals surface area contributed by atoms with Gasteiger partial charge in [-0.25, -0.2) is 0 Å². The number of aliphatic hydroxyl groups excluding tert-OH is 1. The van der Waals surface area contributed by atoms with Crippen LogP contribution in [0.25, 0.3) is 0 Å². The van der Waals surface area contributed by atoms with Crippen LogP contribution in [0, 0.1) is 23.2 Å². The lowest BCUT2D eigenvalue weighted by Crippen LogP contribution is -2.40. The molecule has 0 heterocycles. The molecule has 0 bridgehead atoms. The van der Waals surface area contributed by atoms with E-state index in [2.05, 4.69) is 0 Å². The number of ether oxygens (including phenoxy) is 2. The van der Waals surface area contributed by atoms with Gasteiger partial charge in [0.15, 0.2) is 0 Å². The lowest BCUT2D eigenvalue weighted by molar-refractivity contribution is -0.154. The molecule has 0 aliphatic carbocycles. The predicted molar refractivity (Wildman–Crippen MR) is 129 cm³/mol. The number of carboxylic acid groups (broad SMARTS) is 1. The molecule has 3 unspecified atom stereocenters. The molecule has 2 N–H and O–H groups in total. The number of aliphatic carboxylic acids is 1. The van der Waals surface area contributed by atoms with Gasteiger partial charge >= 0.3 is 17.9 Å². The van der Waals surface area contributed by atoms with Crippen molar-refractivity contribution in [1.82, 2.24) is 0 Å². The summed E-state index contributed by atoms with van der Waals surface area (Å²) in [5, 5.41) is 19.7. The average Bonchev–Trinajstić information content (AvgIpc) is 2.74. The minimum Gasteiger partial charge on any atom is -0.481 e. The third kappa shape index (κ3) is 14.3. The Morgan fingerprint density at radius 3 is 2.06 bits per heavy atom. The summed E-state index contributed by atoms with van der Waals surface area (Å²) < 4.78 is 10.8. The van der Waals surface area contributed by atoms with Crippen LogP contribution in [-0.2, 0) is 23.9 Å². The monoisotopic (exact) mass is 472 g/mol. The topological polar surface area (TPSA) is 110 Å². The van der Waals surface area contributed by atoms with Gasteiger partial charge in [0.2, 0.25) is 0 Å². The first-order valence-electron chi connectivity index (χ1n) is 12.7. The van der Waals surface area contributed by atoms with Crippen LogP contribution in [0.2, 0.25) is 0 Å². The van der Waals surface area contributed by atoms with Gasteiger partial charge in [-0.05, 0) is 31.6 Å². The molecule has 33 heavy (non-hydrogen) atoms. The molecule has 3 atom stereocenters. The van der Waals surface area contributed by atoms with Crippen LogP contribution < -0.4 is 0 Å². The molecule has 0 radical (unpaired) electrons. The molecule has 0 aliphatic heterocycles. The fraction of sp³-hybridized carbons (Fsp3) is 0.885. The van der Waals surface area contributed by atoms with Crippen molar-refractivity contribution in [3.8, 4) is 0 Å². The standard InChI is InChI=1S/C26H48O7/c1-7-8-16-32-25(31)21(14-12-10-9-11-13-15-22(27)28)17-20(4)23(29)26(5,6)18-33-24(30)19(2)3/h19-21,23,29H,7-18H2,1-6H3,(H,27,28). The van der Waals surface area contributed by atoms with E-state index in [4.69, 9.17) is 14.6 Å². The lowest BCUT2D eigenvalue weighted by Gasteiger charge is -2.35. The average molecular weight is 473 g/mol. The highest BCUT2D eigenvalue weighted by Gasteiger charge is 2.36. The number of hydrogen-bond donors (Lipinski definition) is 2. The molecule has 7 nitrogen and oxygen atoms in total. The molecule has 0 fully saturated rings. The van der Waals surface area contributed by atoms with Gasteiger partial charge in [-0.15, -0.1) is 0 Å². The number of carbonyl (C=O) groups excluding carboxylic acids is 2. The highest BCUT2D eigenvalue weighted by molar-refractivity contribution is 5.72. The Kier molecular flexibility index (Phi) is 16.1. The maximum atomic E-state index is 12.7. The van der Waals surface area contributed by atoms with Crippen molar-refractivity contribution < 1.29 is 34.1 Å². The van der Waals surface area contributed by atoms with E-state index < -0.39 is 17.5 Å². The first kappa shape index (κ1) is 31.4. The quantitative estimate of drug-likeness (QED) is 0.192. The van der Waals surface area contributed by atoms with Gasteiger partial charge in [-0.2, -0.15) is 0 Å². The number of rotatable bonds is 19. The molecule has 0 saturated carbocycles. The summed E-state index contributed by atoms with van der Waals surface area (Å²) in [6.07, 6.45) is 6.72. The maximum absolute atomic E-state index is 12.7. The van der Waals surface area contributed by atoms with Crippen molar-refractivity contribution in [3.05, 3.63) is 0 Å². The second-order valence-electron chi connectivity index (χ2n) is 10.3. The van der Waals surface area contributed by atoms with E-state index in [0.717, 1.165) is 38.5 Å². The van der Waals surface area contributed by atoms with Crippen molar-refractivity contribution in [2.45, 2.75) is 112 Å². The van der Waals surface area contributed by atoms with Gasteiger partial charge in [0.05, 0.1) is 31.2 Å². The lowest BCUT2D eigenvalue weighted by atomic mass is 9.77. The molecule has 194 valence electrons. The fourth-order valence-electron chi connectivity index (χ4n) is 3.82. The number of unbranched alkanes of at least 4 members (excludes halogenated alkanes) is 5. The second-order valence-corrected chi connectivity index (χ2v) is 10.3. The minimum absolute atomic E-state index is 0.122. The van der Waals surface area contributed by atoms with Crippen molar-refractivity contribution >= 4 is 17.9 Å². The summed E-state index contributed by atoms with van der Waals surface area (Å²) in [6, 6.07) is 0. The third-order valence-electron chi connectivity index (χ3n) is 6.07. The Labute approximate surface area is 200 Å². The number of carbonyl (C=O) groups is 3. The van der Waals surface area contributed by atoms with E-state index in [1.807, 2.05) is 27.7 Å². The zero-order chi connectivity index (χ0) is 25.4. The Morgan fingerprint density at radius 1 is 0.879 bits per heavy atom. The number of esters is 2. The SMILES string of the molecule is CCCCOC(=O)C(CCCCCCCC(=O)O)CC(C)C(O)C(C)(C)COC(=O)C(C)C. The number of carboxylic acids is 1. The molecular weight excluding hydrogens is 424 g/mol. The molecule has 0 amide bonds. The number of hydrogen-bond acceptors (Lipinski definition) is 6. The molecule has 0 aromatic rings. The van der Waals surface area contributed by atoms with Crippen LogP contribution in [0.4, 0.5) is 0 Å². The largest absolute Gasteiger partial charge is 0.481 e. The summed E-state index contributed by atoms with van der Waals surface area (Å²) in [5.41, 5.74) is -0.634. The molecule has 0 aromatic heterocycles. The fourth-order valence-corrected chi connectivity index (χ4v) is 3.82. The predicted octanol–water partition coefficient (Wildman–Crippen LogP) is 5.37. The highest BCUT2D eigenvalue weighted by atomic mass is 16.5. The normalized spacial score (nSPS) is 14.5. The van der Waals surface area contributed by atoms with E-state index >= 15 is 0 Å². The van der Waals surface area contributed by atoms with Crippen LogP contribution in [0.3, 0.4) is 0 Å². The summed E-state index contributed by atoms with van der Waals surface area (Å²) in [4.78, 5) is 35.1. The van der Waals surface area contributed by atoms with Crippen LogP contribution in [0.5, 0.6) is 0 Å². The van der Waals surface area contributed by atoms with Gasteiger partial charge < -0.3 is 19.7 Å². The Balaban J connectivity index is 4.83. The molecule has 0 saturated heterocycles. The van der Waals surface area contributed by atoms with Crippen LogP contribution in [0.1, 0.15) is 106 Å². The summed E-state index contributed by atoms with van der Waals surface area (Å²) in [5.74, 6) is -1.95. The zero-order valence-corrected chi connectivity index (χ0v) is 21.7. The van der Waals surface area contributed by atoms with E-state index in [1.54, 1.807) is 13.8 Å². The van der Waals surface area contributed by atoms with E-state index in [-0.39, 0.29) is 42.7 Å². The van der Waals surface area contributed by atoms with Crippen molar-refractivity contribution in [3.63, 3.8) is 0 Å². The van der Waals surface area contributed by atoms with Crippen LogP contribution >= 0.6 is 0 Å². The van der Waals surface area contributed by atoms with E-state index in [9.17, 15) is 19.5 Å². The smallest absolute Gasteiger partial charge is 0.308 e. The molecule has 7 heteroatoms. The first-order valence-corrected chi connectivity index (χ1v) is 12.7. The van der Waals surface area contributed by atoms with E-state index in [0.29, 0.717) is 25.9 Å². The van der Waals surface area contributed by atoms with Gasteiger partial charge in [0.25, 0.3) is 0 Å². The molecule has 0 spiro atoms. The maximum Gasteiger partial charge on any atom is 0.308 e. The van der Waals surface area contributed by atoms with Gasteiger partial charge in [-0.3, -0.25) is 14.4 Å².